The van der Waals surface area contributed by atoms with Crippen LogP contribution in [0.15, 0.2) is 11.9 Å². The maximum absolute atomic E-state index is 11.9. The third kappa shape index (κ3) is 4.70. The van der Waals surface area contributed by atoms with Crippen LogP contribution in [-0.2, 0) is 0 Å². The molecule has 0 aromatic rings. The van der Waals surface area contributed by atoms with Crippen LogP contribution in [-0.4, -0.2) is 19.8 Å². The molecule has 1 N–H and O–H groups in total. The fraction of sp³-hybridized carbons (Fsp3) is 0.714. The topological polar surface area (TPSA) is 20.2 Å². The van der Waals surface area contributed by atoms with Crippen molar-refractivity contribution in [2.24, 2.45) is 0 Å². The first kappa shape index (κ1) is 9.85. The van der Waals surface area contributed by atoms with Crippen LogP contribution in [0.5, 0.6) is 0 Å². The largest absolute Gasteiger partial charge is 0.392 e. The Kier molecular flexibility index (Phi) is 3.82. The summed E-state index contributed by atoms with van der Waals surface area (Å²) in [6.07, 6.45) is 0.526. The summed E-state index contributed by atoms with van der Waals surface area (Å²) < 4.78 is 11.9. The number of rotatable bonds is 3. The normalized spacial score (nSPS) is 13.9. The lowest BCUT2D eigenvalue weighted by molar-refractivity contribution is 0.328. The molecule has 0 saturated carbocycles. The van der Waals surface area contributed by atoms with Gasteiger partial charge in [-0.05, 0) is 11.6 Å². The van der Waals surface area contributed by atoms with Crippen LogP contribution in [0.4, 0.5) is 4.39 Å². The van der Waals surface area contributed by atoms with E-state index >= 15 is 0 Å². The smallest absolute Gasteiger partial charge is 0.0878 e. The lowest BCUT2D eigenvalue weighted by Gasteiger charge is -2.15. The molecule has 0 bridgehead atoms. The van der Waals surface area contributed by atoms with Crippen molar-refractivity contribution in [3.05, 3.63) is 11.9 Å². The van der Waals surface area contributed by atoms with E-state index in [0.29, 0.717) is 11.9 Å². The van der Waals surface area contributed by atoms with Gasteiger partial charge < -0.3 is 5.11 Å². The zero-order valence-corrected chi connectivity index (χ0v) is 7.82. The Morgan fingerprint density at radius 3 is 2.10 bits per heavy atom. The minimum Gasteiger partial charge on any atom is -0.392 e. The number of hydrogen-bond donors (Lipinski definition) is 1. The zero-order chi connectivity index (χ0) is 8.20. The third-order valence-electron chi connectivity index (χ3n) is 1.11. The van der Waals surface area contributed by atoms with Gasteiger partial charge in [0.1, 0.15) is 0 Å². The quantitative estimate of drug-likeness (QED) is 0.631. The van der Waals surface area contributed by atoms with Crippen LogP contribution in [0.2, 0.25) is 25.7 Å². The molecule has 10 heavy (non-hydrogen) atoms. The summed E-state index contributed by atoms with van der Waals surface area (Å²) in [4.78, 5) is 0. The van der Waals surface area contributed by atoms with Crippen LogP contribution in [0.1, 0.15) is 0 Å². The van der Waals surface area contributed by atoms with E-state index in [1.165, 1.54) is 0 Å². The Morgan fingerprint density at radius 2 is 2.00 bits per heavy atom. The van der Waals surface area contributed by atoms with Crippen molar-refractivity contribution in [2.45, 2.75) is 25.7 Å². The summed E-state index contributed by atoms with van der Waals surface area (Å²) in [5.41, 5.74) is 0.527. The summed E-state index contributed by atoms with van der Waals surface area (Å²) >= 11 is 0. The highest BCUT2D eigenvalue weighted by Crippen LogP contribution is 2.15. The van der Waals surface area contributed by atoms with Crippen LogP contribution in [0, 0.1) is 0 Å². The summed E-state index contributed by atoms with van der Waals surface area (Å²) in [5.74, 6) is 0. The molecule has 0 fully saturated rings. The van der Waals surface area contributed by atoms with Crippen molar-refractivity contribution in [2.75, 3.05) is 6.61 Å². The van der Waals surface area contributed by atoms with Gasteiger partial charge in [0.25, 0.3) is 0 Å². The molecule has 0 radical (unpaired) electrons. The van der Waals surface area contributed by atoms with Crippen LogP contribution < -0.4 is 0 Å². The molecule has 0 atom stereocenters. The first-order chi connectivity index (χ1) is 4.49. The molecule has 0 rings (SSSR count). The molecule has 1 nitrogen and oxygen atoms in total. The predicted molar refractivity (Wildman–Crippen MR) is 44.4 cm³/mol. The SMILES string of the molecule is C[Si](C)(C)C/C(=C\F)CO. The van der Waals surface area contributed by atoms with E-state index < -0.39 is 8.07 Å². The van der Waals surface area contributed by atoms with Crippen LogP contribution >= 0.6 is 0 Å². The Bertz CT molecular complexity index is 126. The fourth-order valence-corrected chi connectivity index (χ4v) is 2.36. The summed E-state index contributed by atoms with van der Waals surface area (Å²) in [5, 5.41) is 8.60. The average molecular weight is 162 g/mol. The average Bonchev–Trinajstić information content (AvgIpc) is 1.81. The highest BCUT2D eigenvalue weighted by atomic mass is 28.3. The molecule has 0 unspecified atom stereocenters. The van der Waals surface area contributed by atoms with Crippen molar-refractivity contribution >= 4 is 8.07 Å². The van der Waals surface area contributed by atoms with Gasteiger partial charge in [0.2, 0.25) is 0 Å². The molecule has 0 aliphatic rings. The molecule has 0 aliphatic carbocycles. The third-order valence-corrected chi connectivity index (χ3v) is 2.63. The lowest BCUT2D eigenvalue weighted by Crippen LogP contribution is -2.20. The highest BCUT2D eigenvalue weighted by Gasteiger charge is 2.14. The second kappa shape index (κ2) is 3.88. The second-order valence-electron chi connectivity index (χ2n) is 3.66. The standard InChI is InChI=1S/C7H15FOSi/c1-10(2,3)6-7(4-8)5-9/h4,9H,5-6H2,1-3H3/b7-4-. The molecule has 0 aromatic heterocycles. The van der Waals surface area contributed by atoms with Crippen molar-refractivity contribution < 1.29 is 9.50 Å². The minimum absolute atomic E-state index is 0.138. The molecular formula is C7H15FOSi. The van der Waals surface area contributed by atoms with Gasteiger partial charge in [-0.3, -0.25) is 0 Å². The fourth-order valence-electron chi connectivity index (χ4n) is 0.810. The first-order valence-corrected chi connectivity index (χ1v) is 7.09. The van der Waals surface area contributed by atoms with E-state index in [-0.39, 0.29) is 6.61 Å². The van der Waals surface area contributed by atoms with Gasteiger partial charge in [-0.15, -0.1) is 0 Å². The van der Waals surface area contributed by atoms with Gasteiger partial charge in [-0.25, -0.2) is 4.39 Å². The molecule has 0 heterocycles. The molecule has 3 heteroatoms. The summed E-state index contributed by atoms with van der Waals surface area (Å²) in [6, 6.07) is 0.750. The molecule has 0 amide bonds. The molecule has 0 saturated heterocycles. The number of halogens is 1. The lowest BCUT2D eigenvalue weighted by atomic mass is 10.4. The van der Waals surface area contributed by atoms with Gasteiger partial charge in [-0.2, -0.15) is 0 Å². The minimum atomic E-state index is -1.23. The second-order valence-corrected chi connectivity index (χ2v) is 9.14. The van der Waals surface area contributed by atoms with E-state index in [1.54, 1.807) is 0 Å². The molecule has 0 aromatic carbocycles. The van der Waals surface area contributed by atoms with E-state index in [4.69, 9.17) is 5.11 Å². The van der Waals surface area contributed by atoms with E-state index in [1.807, 2.05) is 0 Å². The Balaban J connectivity index is 3.88. The van der Waals surface area contributed by atoms with E-state index in [0.717, 1.165) is 6.04 Å². The molecular weight excluding hydrogens is 147 g/mol. The van der Waals surface area contributed by atoms with Gasteiger partial charge in [0.15, 0.2) is 0 Å². The molecule has 0 aliphatic heterocycles. The van der Waals surface area contributed by atoms with Gasteiger partial charge in [0.05, 0.1) is 12.9 Å². The number of aliphatic hydroxyl groups excluding tert-OH is 1. The Hall–Kier alpha value is -0.153. The van der Waals surface area contributed by atoms with Crippen LogP contribution in [0.3, 0.4) is 0 Å². The maximum atomic E-state index is 11.9. The van der Waals surface area contributed by atoms with Crippen molar-refractivity contribution in [1.29, 1.82) is 0 Å². The van der Waals surface area contributed by atoms with Crippen molar-refractivity contribution in [3.63, 3.8) is 0 Å². The number of aliphatic hydroxyl groups is 1. The monoisotopic (exact) mass is 162 g/mol. The Morgan fingerprint density at radius 1 is 1.50 bits per heavy atom. The van der Waals surface area contributed by atoms with E-state index in [2.05, 4.69) is 19.6 Å². The van der Waals surface area contributed by atoms with E-state index in [9.17, 15) is 4.39 Å². The van der Waals surface area contributed by atoms with Crippen LogP contribution in [0.25, 0.3) is 0 Å². The predicted octanol–water partition coefficient (Wildman–Crippen LogP) is 2.17. The van der Waals surface area contributed by atoms with Gasteiger partial charge >= 0.3 is 0 Å². The summed E-state index contributed by atoms with van der Waals surface area (Å²) in [7, 11) is -1.23. The van der Waals surface area contributed by atoms with Crippen molar-refractivity contribution in [1.82, 2.24) is 0 Å². The highest BCUT2D eigenvalue weighted by molar-refractivity contribution is 6.76. The van der Waals surface area contributed by atoms with Gasteiger partial charge in [-0.1, -0.05) is 19.6 Å². The number of hydrogen-bond acceptors (Lipinski definition) is 1. The molecule has 60 valence electrons. The summed E-state index contributed by atoms with van der Waals surface area (Å²) in [6.45, 7) is 6.30. The molecule has 0 spiro atoms. The van der Waals surface area contributed by atoms with Crippen molar-refractivity contribution in [3.8, 4) is 0 Å². The Labute approximate surface area is 62.6 Å². The zero-order valence-electron chi connectivity index (χ0n) is 6.82. The first-order valence-electron chi connectivity index (χ1n) is 3.38. The van der Waals surface area contributed by atoms with Gasteiger partial charge in [0, 0.05) is 8.07 Å². The maximum Gasteiger partial charge on any atom is 0.0878 e.